The van der Waals surface area contributed by atoms with Crippen molar-refractivity contribution >= 4 is 5.97 Å². The molecule has 0 aromatic heterocycles. The van der Waals surface area contributed by atoms with Crippen molar-refractivity contribution in [2.45, 2.75) is 31.5 Å². The average Bonchev–Trinajstić information content (AvgIpc) is 2.72. The molecule has 1 aromatic rings. The van der Waals surface area contributed by atoms with Crippen molar-refractivity contribution in [2.24, 2.45) is 0 Å². The summed E-state index contributed by atoms with van der Waals surface area (Å²) in [5.74, 6) is -0.857. The molecule has 2 N–H and O–H groups in total. The summed E-state index contributed by atoms with van der Waals surface area (Å²) in [6.07, 6.45) is -0.228. The Morgan fingerprint density at radius 2 is 2.06 bits per heavy atom. The van der Waals surface area contributed by atoms with Gasteiger partial charge in [0.15, 0.2) is 0 Å². The Labute approximate surface area is 100 Å². The van der Waals surface area contributed by atoms with Crippen LogP contribution >= 0.6 is 0 Å². The molecule has 2 rings (SSSR count). The molecule has 0 spiro atoms. The molecule has 0 bridgehead atoms. The minimum atomic E-state index is -0.857. The molecule has 0 amide bonds. The molecule has 1 heterocycles. The first kappa shape index (κ1) is 12.1. The second-order valence-corrected chi connectivity index (χ2v) is 4.53. The van der Waals surface area contributed by atoms with Crippen molar-refractivity contribution in [1.82, 2.24) is 4.90 Å². The largest absolute Gasteiger partial charge is 0.480 e. The van der Waals surface area contributed by atoms with Gasteiger partial charge in [-0.05, 0) is 12.5 Å². The Bertz CT molecular complexity index is 393. The van der Waals surface area contributed by atoms with Crippen molar-refractivity contribution < 1.29 is 15.0 Å². The van der Waals surface area contributed by atoms with Crippen molar-refractivity contribution in [1.29, 1.82) is 0 Å². The number of carboxylic acids is 1. The number of aliphatic hydroxyl groups excluding tert-OH is 1. The number of rotatable bonds is 3. The number of nitrogens with zero attached hydrogens (tertiary/aromatic N) is 1. The predicted octanol–water partition coefficient (Wildman–Crippen LogP) is 1.27. The highest BCUT2D eigenvalue weighted by Gasteiger charge is 2.38. The van der Waals surface area contributed by atoms with Gasteiger partial charge in [0.05, 0.1) is 6.10 Å². The van der Waals surface area contributed by atoms with Gasteiger partial charge in [-0.1, -0.05) is 30.3 Å². The van der Waals surface area contributed by atoms with Gasteiger partial charge in [0.2, 0.25) is 0 Å². The van der Waals surface area contributed by atoms with E-state index in [0.29, 0.717) is 13.0 Å². The molecule has 4 heteroatoms. The molecule has 1 saturated heterocycles. The quantitative estimate of drug-likeness (QED) is 0.828. The summed E-state index contributed by atoms with van der Waals surface area (Å²) >= 11 is 0. The zero-order valence-electron chi connectivity index (χ0n) is 9.78. The predicted molar refractivity (Wildman–Crippen MR) is 63.6 cm³/mol. The molecule has 1 fully saturated rings. The lowest BCUT2D eigenvalue weighted by atomic mass is 10.1. The summed E-state index contributed by atoms with van der Waals surface area (Å²) in [5, 5.41) is 18.8. The average molecular weight is 235 g/mol. The van der Waals surface area contributed by atoms with E-state index < -0.39 is 18.1 Å². The molecule has 4 nitrogen and oxygen atoms in total. The normalized spacial score (nSPS) is 26.9. The lowest BCUT2D eigenvalue weighted by molar-refractivity contribution is -0.142. The first-order chi connectivity index (χ1) is 8.09. The number of aliphatic hydroxyl groups is 1. The van der Waals surface area contributed by atoms with Crippen LogP contribution < -0.4 is 0 Å². The van der Waals surface area contributed by atoms with E-state index in [1.807, 2.05) is 42.2 Å². The van der Waals surface area contributed by atoms with Crippen LogP contribution in [0.2, 0.25) is 0 Å². The van der Waals surface area contributed by atoms with Gasteiger partial charge < -0.3 is 10.2 Å². The maximum absolute atomic E-state index is 11.1. The highest BCUT2D eigenvalue weighted by molar-refractivity contribution is 5.74. The van der Waals surface area contributed by atoms with E-state index in [1.54, 1.807) is 0 Å². The van der Waals surface area contributed by atoms with E-state index in [9.17, 15) is 9.90 Å². The Morgan fingerprint density at radius 3 is 2.65 bits per heavy atom. The lowest BCUT2D eigenvalue weighted by Gasteiger charge is -2.28. The molecular formula is C13H17NO3. The summed E-state index contributed by atoms with van der Waals surface area (Å²) < 4.78 is 0. The van der Waals surface area contributed by atoms with Crippen LogP contribution in [0, 0.1) is 0 Å². The number of likely N-dealkylation sites (tertiary alicyclic amines) is 1. The van der Waals surface area contributed by atoms with Crippen LogP contribution in [0.25, 0.3) is 0 Å². The molecule has 0 radical (unpaired) electrons. The van der Waals surface area contributed by atoms with Gasteiger partial charge >= 0.3 is 5.97 Å². The minimum Gasteiger partial charge on any atom is -0.480 e. The Hall–Kier alpha value is -1.39. The van der Waals surface area contributed by atoms with Crippen molar-refractivity contribution in [3.63, 3.8) is 0 Å². The van der Waals surface area contributed by atoms with Gasteiger partial charge in [-0.15, -0.1) is 0 Å². The van der Waals surface area contributed by atoms with Crippen LogP contribution in [-0.2, 0) is 4.79 Å². The topological polar surface area (TPSA) is 60.8 Å². The number of carbonyl (C=O) groups is 1. The molecular weight excluding hydrogens is 218 g/mol. The maximum atomic E-state index is 11.1. The molecule has 1 unspecified atom stereocenters. The van der Waals surface area contributed by atoms with E-state index >= 15 is 0 Å². The van der Waals surface area contributed by atoms with Gasteiger partial charge in [-0.25, -0.2) is 0 Å². The van der Waals surface area contributed by atoms with E-state index in [-0.39, 0.29) is 6.04 Å². The monoisotopic (exact) mass is 235 g/mol. The molecule has 0 saturated carbocycles. The van der Waals surface area contributed by atoms with Crippen LogP contribution in [0.5, 0.6) is 0 Å². The van der Waals surface area contributed by atoms with Crippen molar-refractivity contribution in [3.05, 3.63) is 35.9 Å². The number of aliphatic carboxylic acids is 1. The van der Waals surface area contributed by atoms with Crippen LogP contribution in [0.4, 0.5) is 0 Å². The first-order valence-electron chi connectivity index (χ1n) is 5.81. The zero-order valence-corrected chi connectivity index (χ0v) is 9.78. The summed E-state index contributed by atoms with van der Waals surface area (Å²) in [6.45, 7) is 2.40. The first-order valence-corrected chi connectivity index (χ1v) is 5.81. The standard InChI is InChI=1S/C13H17NO3/c1-9(10-5-3-2-4-6-10)14-8-11(15)7-12(14)13(16)17/h2-6,9,11-12,15H,7-8H2,1H3,(H,16,17)/t9?,11-,12+/m1/s1. The number of carboxylic acid groups (broad SMARTS) is 1. The second-order valence-electron chi connectivity index (χ2n) is 4.53. The SMILES string of the molecule is CC(c1ccccc1)N1C[C@H](O)C[C@H]1C(=O)O. The van der Waals surface area contributed by atoms with Gasteiger partial charge in [0.25, 0.3) is 0 Å². The maximum Gasteiger partial charge on any atom is 0.321 e. The fourth-order valence-corrected chi connectivity index (χ4v) is 2.43. The van der Waals surface area contributed by atoms with Crippen LogP contribution in [0.1, 0.15) is 24.9 Å². The molecule has 0 aliphatic carbocycles. The molecule has 1 aliphatic rings. The highest BCUT2D eigenvalue weighted by Crippen LogP contribution is 2.29. The van der Waals surface area contributed by atoms with Gasteiger partial charge in [-0.3, -0.25) is 9.69 Å². The van der Waals surface area contributed by atoms with E-state index in [0.717, 1.165) is 5.56 Å². The smallest absolute Gasteiger partial charge is 0.321 e. The Balaban J connectivity index is 2.18. The third-order valence-electron chi connectivity index (χ3n) is 3.38. The molecule has 1 aromatic carbocycles. The summed E-state index contributed by atoms with van der Waals surface area (Å²) in [7, 11) is 0. The Morgan fingerprint density at radius 1 is 1.41 bits per heavy atom. The summed E-state index contributed by atoms with van der Waals surface area (Å²) in [5.41, 5.74) is 1.08. The highest BCUT2D eigenvalue weighted by atomic mass is 16.4. The van der Waals surface area contributed by atoms with Gasteiger partial charge in [-0.2, -0.15) is 0 Å². The van der Waals surface area contributed by atoms with Crippen molar-refractivity contribution in [2.75, 3.05) is 6.54 Å². The van der Waals surface area contributed by atoms with E-state index in [1.165, 1.54) is 0 Å². The fourth-order valence-electron chi connectivity index (χ4n) is 2.43. The third-order valence-corrected chi connectivity index (χ3v) is 3.38. The minimum absolute atomic E-state index is 0.00875. The van der Waals surface area contributed by atoms with Crippen LogP contribution in [-0.4, -0.2) is 39.8 Å². The van der Waals surface area contributed by atoms with E-state index in [4.69, 9.17) is 5.11 Å². The van der Waals surface area contributed by atoms with E-state index in [2.05, 4.69) is 0 Å². The zero-order chi connectivity index (χ0) is 12.4. The molecule has 3 atom stereocenters. The fraction of sp³-hybridized carbons (Fsp3) is 0.462. The summed E-state index contributed by atoms with van der Waals surface area (Å²) in [4.78, 5) is 13.0. The molecule has 1 aliphatic heterocycles. The van der Waals surface area contributed by atoms with Gasteiger partial charge in [0.1, 0.15) is 6.04 Å². The van der Waals surface area contributed by atoms with Gasteiger partial charge in [0, 0.05) is 19.0 Å². The van der Waals surface area contributed by atoms with Crippen LogP contribution in [0.3, 0.4) is 0 Å². The number of hydrogen-bond donors (Lipinski definition) is 2. The lowest BCUT2D eigenvalue weighted by Crippen LogP contribution is -2.37. The third kappa shape index (κ3) is 2.48. The number of β-amino-alcohol motifs (C(OH)–C–C–N with tert-alkyl or cyclic N) is 1. The molecule has 17 heavy (non-hydrogen) atoms. The van der Waals surface area contributed by atoms with Crippen molar-refractivity contribution in [3.8, 4) is 0 Å². The van der Waals surface area contributed by atoms with Crippen LogP contribution in [0.15, 0.2) is 30.3 Å². The second kappa shape index (κ2) is 4.85. The number of benzene rings is 1. The number of hydrogen-bond acceptors (Lipinski definition) is 3. The summed E-state index contributed by atoms with van der Waals surface area (Å²) in [6, 6.07) is 9.20. The molecule has 92 valence electrons. The Kier molecular flexibility index (Phi) is 3.45.